The number of non-ortho nitro benzene ring substituents is 1. The molecule has 2 aliphatic carbocycles. The third-order valence-corrected chi connectivity index (χ3v) is 15.4. The topological polar surface area (TPSA) is 265 Å². The summed E-state index contributed by atoms with van der Waals surface area (Å²) in [5.74, 6) is 1.16. The molecule has 69 heavy (non-hydrogen) atoms. The van der Waals surface area contributed by atoms with Crippen LogP contribution in [-0.2, 0) is 36.4 Å². The van der Waals surface area contributed by atoms with Crippen LogP contribution in [0.2, 0.25) is 0 Å². The van der Waals surface area contributed by atoms with Gasteiger partial charge in [-0.15, -0.1) is 45.3 Å². The van der Waals surface area contributed by atoms with Crippen LogP contribution in [0.1, 0.15) is 93.3 Å². The highest BCUT2D eigenvalue weighted by atomic mass is 32.2. The maximum atomic E-state index is 11.0. The van der Waals surface area contributed by atoms with Crippen LogP contribution in [0, 0.1) is 10.1 Å². The summed E-state index contributed by atoms with van der Waals surface area (Å²) in [5.41, 5.74) is 9.45. The van der Waals surface area contributed by atoms with Crippen LogP contribution in [0.3, 0.4) is 0 Å². The van der Waals surface area contributed by atoms with E-state index in [1.807, 2.05) is 64.0 Å². The molecule has 4 aromatic heterocycles. The summed E-state index contributed by atoms with van der Waals surface area (Å²) in [6.45, 7) is -0.0269. The summed E-state index contributed by atoms with van der Waals surface area (Å²) >= 11 is 6.41. The van der Waals surface area contributed by atoms with Crippen LogP contribution in [0.25, 0.3) is 22.5 Å². The van der Waals surface area contributed by atoms with Crippen molar-refractivity contribution in [1.29, 1.82) is 0 Å². The second kappa shape index (κ2) is 22.2. The molecule has 0 unspecified atom stereocenters. The molecular weight excluding hydrogens is 975 g/mol. The third kappa shape index (κ3) is 13.4. The Labute approximate surface area is 414 Å². The quantitative estimate of drug-likeness (QED) is 0.0250. The minimum Gasteiger partial charge on any atom is -0.731 e. The first-order chi connectivity index (χ1) is 32.9. The second-order valence-corrected chi connectivity index (χ2v) is 21.1. The number of quaternary nitrogens is 1. The molecule has 358 valence electrons. The van der Waals surface area contributed by atoms with Crippen LogP contribution in [0.4, 0.5) is 21.6 Å². The maximum Gasteiger partial charge on any atom is 0.269 e. The molecule has 4 heterocycles. The van der Waals surface area contributed by atoms with Crippen LogP contribution in [-0.4, -0.2) is 48.0 Å². The molecule has 2 atom stereocenters. The van der Waals surface area contributed by atoms with Gasteiger partial charge in [0.25, 0.3) is 5.69 Å². The van der Waals surface area contributed by atoms with Crippen LogP contribution in [0.15, 0.2) is 119 Å². The van der Waals surface area contributed by atoms with Gasteiger partial charge >= 0.3 is 0 Å². The van der Waals surface area contributed by atoms with E-state index < -0.39 is 10.3 Å². The molecule has 16 nitrogen and oxygen atoms in total. The normalized spacial score (nSPS) is 14.2. The number of benzene rings is 4. The van der Waals surface area contributed by atoms with Gasteiger partial charge in [0.05, 0.1) is 63.0 Å². The van der Waals surface area contributed by atoms with Crippen molar-refractivity contribution in [1.82, 2.24) is 26.1 Å². The number of rotatable bonds is 19. The average molecular weight is 1020 g/mol. The molecule has 8 aromatic rings. The smallest absolute Gasteiger partial charge is 0.269 e. The highest BCUT2D eigenvalue weighted by Crippen LogP contribution is 2.44. The minimum absolute atomic E-state index is 0. The number of nitrogens with zero attached hydrogens (tertiary/aromatic N) is 5. The van der Waals surface area contributed by atoms with Gasteiger partial charge in [-0.25, -0.2) is 28.4 Å². The molecule has 0 aliphatic heterocycles. The number of nitro benzene ring substituents is 1. The van der Waals surface area contributed by atoms with Gasteiger partial charge in [-0.3, -0.25) is 14.8 Å². The molecule has 21 heteroatoms. The Bertz CT molecular complexity index is 3090. The van der Waals surface area contributed by atoms with E-state index in [0.29, 0.717) is 24.7 Å². The molecule has 0 spiro atoms. The van der Waals surface area contributed by atoms with Crippen molar-refractivity contribution in [3.63, 3.8) is 0 Å². The van der Waals surface area contributed by atoms with Gasteiger partial charge in [-0.2, -0.15) is 0 Å². The lowest BCUT2D eigenvalue weighted by molar-refractivity contribution is -0.384. The van der Waals surface area contributed by atoms with Gasteiger partial charge in [-0.1, -0.05) is 60.7 Å². The largest absolute Gasteiger partial charge is 0.731 e. The van der Waals surface area contributed by atoms with Crippen molar-refractivity contribution < 1.29 is 28.1 Å². The first-order valence-corrected chi connectivity index (χ1v) is 26.7. The van der Waals surface area contributed by atoms with E-state index in [4.69, 9.17) is 19.9 Å². The summed E-state index contributed by atoms with van der Waals surface area (Å²) in [6.07, 6.45) is 6.02. The van der Waals surface area contributed by atoms with Crippen LogP contribution < -0.4 is 21.5 Å². The van der Waals surface area contributed by atoms with E-state index in [-0.39, 0.29) is 47.7 Å². The number of aliphatic hydroxyl groups excluding tert-OH is 2. The molecule has 0 bridgehead atoms. The Hall–Kier alpha value is -6.01. The van der Waals surface area contributed by atoms with Gasteiger partial charge in [0.1, 0.15) is 0 Å². The molecule has 10 rings (SSSR count). The fourth-order valence-electron chi connectivity index (χ4n) is 7.40. The number of nitrogens with one attached hydrogen (secondary N) is 3. The highest BCUT2D eigenvalue weighted by molar-refractivity contribution is 7.87. The van der Waals surface area contributed by atoms with Gasteiger partial charge in [0.2, 0.25) is 0 Å². The van der Waals surface area contributed by atoms with Crippen LogP contribution >= 0.6 is 45.3 Å². The van der Waals surface area contributed by atoms with Crippen molar-refractivity contribution >= 4 is 77.3 Å². The second-order valence-electron chi connectivity index (χ2n) is 16.5. The molecule has 2 aliphatic rings. The van der Waals surface area contributed by atoms with Crippen molar-refractivity contribution in [3.8, 4) is 22.5 Å². The Balaban J connectivity index is 0.000000184. The zero-order chi connectivity index (χ0) is 47.2. The fraction of sp³-hybridized carbons (Fsp3) is 0.250. The fourth-order valence-corrected chi connectivity index (χ4v) is 11.5. The van der Waals surface area contributed by atoms with Crippen LogP contribution in [0.5, 0.6) is 0 Å². The van der Waals surface area contributed by atoms with Crippen molar-refractivity contribution in [2.24, 2.45) is 0 Å². The lowest BCUT2D eigenvalue weighted by atomic mass is 10.0. The Morgan fingerprint density at radius 3 is 1.48 bits per heavy atom. The minimum atomic E-state index is -4.56. The standard InChI is InChI=1S/C24H24N4O4S3.C24H22N4O3S2.H3N/c29-12-16-2-1-3-18(10-16)21-13-34-24(27-21)26-20(22-14-33-23(25-22)17-6-7-17)11-15-4-8-19(9-5-15)28-35(30,31)32;29-12-16-2-1-3-18(10-16)21-13-33-24(27-21)26-20(22-14-32-23(25-22)17-6-7-17)11-15-4-8-19(9-5-15)28(30)31;/h1-5,8-10,13-14,17,20,28-29H,6-7,11-12H2,(H,26,27)(H,30,31,32);1-5,8-10,13-14,17,20,29H,6-7,11-12H2,(H,26,27);1H3/t2*20-;/m00./s1. The summed E-state index contributed by atoms with van der Waals surface area (Å²) in [7, 11) is -4.56. The highest BCUT2D eigenvalue weighted by Gasteiger charge is 2.29. The summed E-state index contributed by atoms with van der Waals surface area (Å²) in [4.78, 5) is 29.9. The van der Waals surface area contributed by atoms with E-state index in [1.165, 1.54) is 53.4 Å². The van der Waals surface area contributed by atoms with E-state index in [0.717, 1.165) is 71.4 Å². The molecular formula is C48H49N9O7S5. The number of hydrogen-bond donors (Lipinski definition) is 6. The lowest BCUT2D eigenvalue weighted by Gasteiger charge is -2.17. The number of anilines is 3. The zero-order valence-corrected chi connectivity index (χ0v) is 41.3. The van der Waals surface area contributed by atoms with Gasteiger partial charge in [-0.05, 0) is 85.0 Å². The summed E-state index contributed by atoms with van der Waals surface area (Å²) < 4.78 is 34.8. The van der Waals surface area contributed by atoms with E-state index in [1.54, 1.807) is 71.2 Å². The first kappa shape index (κ1) is 49.4. The predicted molar refractivity (Wildman–Crippen MR) is 274 cm³/mol. The number of hydrogen-bond acceptors (Lipinski definition) is 17. The summed E-state index contributed by atoms with van der Waals surface area (Å²) in [5, 5.41) is 49.0. The Kier molecular flexibility index (Phi) is 15.9. The van der Waals surface area contributed by atoms with E-state index in [2.05, 4.69) is 21.4 Å². The number of aliphatic hydroxyl groups is 2. The van der Waals surface area contributed by atoms with Gasteiger partial charge in [0, 0.05) is 62.3 Å². The number of nitro groups is 1. The molecule has 2 saturated carbocycles. The SMILES string of the molecule is O=S(=O)([O-])Nc1ccc(C[C@H](Nc2nc(-c3cccc(CO)c3)cs2)c2csc(C3CC3)n2)cc1.O=[N+]([O-])c1ccc(C[C@H](Nc2nc(-c3cccc(CO)c3)cs2)c2csc(C3CC3)n2)cc1.[NH4+]. The molecule has 0 amide bonds. The van der Waals surface area contributed by atoms with E-state index >= 15 is 0 Å². The number of aromatic nitrogens is 4. The molecule has 2 fully saturated rings. The zero-order valence-electron chi connectivity index (χ0n) is 37.2. The first-order valence-electron chi connectivity index (χ1n) is 21.8. The maximum absolute atomic E-state index is 11.0. The molecule has 0 saturated heterocycles. The Morgan fingerprint density at radius 2 is 1.07 bits per heavy atom. The van der Waals surface area contributed by atoms with Crippen molar-refractivity contribution in [3.05, 3.63) is 172 Å². The van der Waals surface area contributed by atoms with Crippen molar-refractivity contribution in [2.75, 3.05) is 15.4 Å². The average Bonchev–Trinajstić information content (AvgIpc) is 4.10. The van der Waals surface area contributed by atoms with Crippen molar-refractivity contribution in [2.45, 2.75) is 75.7 Å². The monoisotopic (exact) mass is 1020 g/mol. The molecule has 9 N–H and O–H groups in total. The van der Waals surface area contributed by atoms with Gasteiger partial charge in [0.15, 0.2) is 20.6 Å². The van der Waals surface area contributed by atoms with E-state index in [9.17, 15) is 33.3 Å². The molecule has 4 aromatic carbocycles. The Morgan fingerprint density at radius 1 is 0.623 bits per heavy atom. The molecule has 0 radical (unpaired) electrons. The van der Waals surface area contributed by atoms with Gasteiger partial charge < -0.3 is 31.5 Å². The lowest BCUT2D eigenvalue weighted by Crippen LogP contribution is -2.14. The third-order valence-electron chi connectivity index (χ3n) is 11.3. The predicted octanol–water partition coefficient (Wildman–Crippen LogP) is 11.2. The summed E-state index contributed by atoms with van der Waals surface area (Å²) in [6, 6.07) is 28.6. The number of thiazole rings is 4.